The van der Waals surface area contributed by atoms with Crippen LogP contribution in [0.3, 0.4) is 0 Å². The van der Waals surface area contributed by atoms with Gasteiger partial charge in [-0.2, -0.15) is 0 Å². The maximum absolute atomic E-state index is 5.45. The van der Waals surface area contributed by atoms with Gasteiger partial charge in [0.05, 0.1) is 12.3 Å². The monoisotopic (exact) mass is 260 g/mol. The topological polar surface area (TPSA) is 34.1 Å². The molecule has 1 aromatic carbocycles. The van der Waals surface area contributed by atoms with E-state index in [1.165, 1.54) is 16.1 Å². The summed E-state index contributed by atoms with van der Waals surface area (Å²) >= 11 is 1.79. The average molecular weight is 260 g/mol. The van der Waals surface area contributed by atoms with Gasteiger partial charge in [0.1, 0.15) is 10.8 Å². The van der Waals surface area contributed by atoms with Crippen molar-refractivity contribution in [3.05, 3.63) is 34.8 Å². The van der Waals surface area contributed by atoms with Crippen LogP contribution in [0, 0.1) is 0 Å². The maximum atomic E-state index is 5.45. The van der Waals surface area contributed by atoms with Crippen LogP contribution in [-0.2, 0) is 13.0 Å². The number of nitrogens with zero attached hydrogens (tertiary/aromatic N) is 1. The Morgan fingerprint density at radius 2 is 2.17 bits per heavy atom. The zero-order valence-corrected chi connectivity index (χ0v) is 11.2. The van der Waals surface area contributed by atoms with Gasteiger partial charge in [0, 0.05) is 30.0 Å². The Morgan fingerprint density at radius 3 is 2.89 bits per heavy atom. The first-order valence-electron chi connectivity index (χ1n) is 6.29. The zero-order valence-electron chi connectivity index (χ0n) is 10.4. The van der Waals surface area contributed by atoms with E-state index in [0.29, 0.717) is 6.61 Å². The van der Waals surface area contributed by atoms with Gasteiger partial charge in [-0.3, -0.25) is 0 Å². The molecule has 1 aromatic heterocycles. The summed E-state index contributed by atoms with van der Waals surface area (Å²) in [6.07, 6.45) is 1.04. The third-order valence-electron chi connectivity index (χ3n) is 3.01. The first kappa shape index (κ1) is 11.7. The molecule has 1 aliphatic heterocycles. The van der Waals surface area contributed by atoms with Crippen molar-refractivity contribution in [2.75, 3.05) is 13.2 Å². The molecule has 0 spiro atoms. The van der Waals surface area contributed by atoms with Crippen LogP contribution in [-0.4, -0.2) is 18.1 Å². The lowest BCUT2D eigenvalue weighted by Crippen LogP contribution is -2.22. The van der Waals surface area contributed by atoms with Crippen molar-refractivity contribution in [2.45, 2.75) is 19.9 Å². The molecule has 3 nitrogen and oxygen atoms in total. The van der Waals surface area contributed by atoms with E-state index in [4.69, 9.17) is 9.72 Å². The number of benzene rings is 1. The lowest BCUT2D eigenvalue weighted by Gasteiger charge is -2.09. The summed E-state index contributed by atoms with van der Waals surface area (Å²) in [5.41, 5.74) is 2.44. The lowest BCUT2D eigenvalue weighted by atomic mass is 10.2. The summed E-state index contributed by atoms with van der Waals surface area (Å²) in [7, 11) is 0. The van der Waals surface area contributed by atoms with Crippen LogP contribution in [0.5, 0.6) is 5.75 Å². The fraction of sp³-hybridized carbons (Fsp3) is 0.357. The summed E-state index contributed by atoms with van der Waals surface area (Å²) in [4.78, 5) is 6.11. The third-order valence-corrected chi connectivity index (χ3v) is 4.16. The van der Waals surface area contributed by atoms with E-state index in [2.05, 4.69) is 17.4 Å². The predicted octanol–water partition coefficient (Wildman–Crippen LogP) is 2.85. The van der Waals surface area contributed by atoms with E-state index in [1.807, 2.05) is 19.1 Å². The number of rotatable bonds is 3. The number of ether oxygens (including phenoxy) is 1. The smallest absolute Gasteiger partial charge is 0.123 e. The molecule has 3 rings (SSSR count). The van der Waals surface area contributed by atoms with Crippen LogP contribution in [0.25, 0.3) is 10.6 Å². The minimum Gasteiger partial charge on any atom is -0.494 e. The molecule has 0 amide bonds. The van der Waals surface area contributed by atoms with Crippen molar-refractivity contribution in [2.24, 2.45) is 0 Å². The zero-order chi connectivity index (χ0) is 12.4. The maximum Gasteiger partial charge on any atom is 0.123 e. The number of thiazole rings is 1. The van der Waals surface area contributed by atoms with Crippen LogP contribution in [0.2, 0.25) is 0 Å². The number of nitrogens with one attached hydrogen (secondary N) is 1. The molecule has 2 heterocycles. The highest BCUT2D eigenvalue weighted by atomic mass is 32.1. The van der Waals surface area contributed by atoms with Gasteiger partial charge in [0.15, 0.2) is 0 Å². The number of hydrogen-bond acceptors (Lipinski definition) is 4. The van der Waals surface area contributed by atoms with Crippen LogP contribution in [0.1, 0.15) is 17.5 Å². The van der Waals surface area contributed by atoms with Crippen molar-refractivity contribution in [1.82, 2.24) is 10.3 Å². The van der Waals surface area contributed by atoms with Crippen LogP contribution >= 0.6 is 11.3 Å². The van der Waals surface area contributed by atoms with Crippen LogP contribution in [0.15, 0.2) is 24.3 Å². The van der Waals surface area contributed by atoms with Gasteiger partial charge in [-0.15, -0.1) is 11.3 Å². The van der Waals surface area contributed by atoms with Gasteiger partial charge in [0.25, 0.3) is 0 Å². The molecule has 4 heteroatoms. The van der Waals surface area contributed by atoms with Crippen molar-refractivity contribution >= 4 is 11.3 Å². The Hall–Kier alpha value is -1.39. The summed E-state index contributed by atoms with van der Waals surface area (Å²) < 4.78 is 5.45. The minimum atomic E-state index is 0.705. The largest absolute Gasteiger partial charge is 0.494 e. The van der Waals surface area contributed by atoms with Gasteiger partial charge in [0.2, 0.25) is 0 Å². The molecule has 0 unspecified atom stereocenters. The molecule has 2 aromatic rings. The Balaban J connectivity index is 1.87. The average Bonchev–Trinajstić information content (AvgIpc) is 2.84. The molecule has 0 atom stereocenters. The summed E-state index contributed by atoms with van der Waals surface area (Å²) in [6, 6.07) is 8.19. The van der Waals surface area contributed by atoms with Crippen molar-refractivity contribution in [1.29, 1.82) is 0 Å². The number of fused-ring (bicyclic) bond motifs is 1. The van der Waals surface area contributed by atoms with E-state index < -0.39 is 0 Å². The Morgan fingerprint density at radius 1 is 1.33 bits per heavy atom. The molecule has 0 radical (unpaired) electrons. The van der Waals surface area contributed by atoms with E-state index in [9.17, 15) is 0 Å². The fourth-order valence-electron chi connectivity index (χ4n) is 2.11. The van der Waals surface area contributed by atoms with E-state index in [1.54, 1.807) is 11.3 Å². The van der Waals surface area contributed by atoms with Crippen LogP contribution in [0.4, 0.5) is 0 Å². The predicted molar refractivity (Wildman–Crippen MR) is 74.1 cm³/mol. The number of aromatic nitrogens is 1. The lowest BCUT2D eigenvalue weighted by molar-refractivity contribution is 0.340. The molecular weight excluding hydrogens is 244 g/mol. The van der Waals surface area contributed by atoms with Crippen LogP contribution < -0.4 is 10.1 Å². The Labute approximate surface area is 111 Å². The van der Waals surface area contributed by atoms with E-state index >= 15 is 0 Å². The van der Waals surface area contributed by atoms with Gasteiger partial charge in [-0.05, 0) is 31.2 Å². The fourth-order valence-corrected chi connectivity index (χ4v) is 3.19. The third kappa shape index (κ3) is 2.26. The van der Waals surface area contributed by atoms with Gasteiger partial charge >= 0.3 is 0 Å². The summed E-state index contributed by atoms with van der Waals surface area (Å²) in [6.45, 7) is 4.70. The molecule has 1 N–H and O–H groups in total. The number of hydrogen-bond donors (Lipinski definition) is 1. The first-order chi connectivity index (χ1) is 8.86. The van der Waals surface area contributed by atoms with Crippen molar-refractivity contribution in [3.8, 4) is 16.3 Å². The normalized spacial score (nSPS) is 14.3. The Kier molecular flexibility index (Phi) is 3.30. The standard InChI is InChI=1S/C14H16N2OS/c1-2-17-11-5-3-10(4-6-11)14-16-12-7-8-15-9-13(12)18-14/h3-6,15H,2,7-9H2,1H3. The Bertz CT molecular complexity index is 510. The first-order valence-corrected chi connectivity index (χ1v) is 7.11. The molecule has 0 aliphatic carbocycles. The van der Waals surface area contributed by atoms with E-state index in [0.717, 1.165) is 30.3 Å². The van der Waals surface area contributed by atoms with Crippen molar-refractivity contribution in [3.63, 3.8) is 0 Å². The molecule has 0 saturated carbocycles. The van der Waals surface area contributed by atoms with E-state index in [-0.39, 0.29) is 0 Å². The SMILES string of the molecule is CCOc1ccc(-c2nc3c(s2)CNCC3)cc1. The van der Waals surface area contributed by atoms with Gasteiger partial charge in [-0.25, -0.2) is 4.98 Å². The highest BCUT2D eigenvalue weighted by Crippen LogP contribution is 2.30. The second kappa shape index (κ2) is 5.08. The quantitative estimate of drug-likeness (QED) is 0.921. The van der Waals surface area contributed by atoms with Gasteiger partial charge in [-0.1, -0.05) is 0 Å². The molecular formula is C14H16N2OS. The second-order valence-corrected chi connectivity index (χ2v) is 5.36. The second-order valence-electron chi connectivity index (χ2n) is 4.27. The minimum absolute atomic E-state index is 0.705. The highest BCUT2D eigenvalue weighted by Gasteiger charge is 2.15. The molecule has 0 fully saturated rings. The molecule has 18 heavy (non-hydrogen) atoms. The molecule has 0 saturated heterocycles. The molecule has 0 bridgehead atoms. The summed E-state index contributed by atoms with van der Waals surface area (Å²) in [5.74, 6) is 0.921. The van der Waals surface area contributed by atoms with Gasteiger partial charge < -0.3 is 10.1 Å². The molecule has 94 valence electrons. The highest BCUT2D eigenvalue weighted by molar-refractivity contribution is 7.15. The molecule has 1 aliphatic rings. The van der Waals surface area contributed by atoms with Crippen molar-refractivity contribution < 1.29 is 4.74 Å². The summed E-state index contributed by atoms with van der Waals surface area (Å²) in [5, 5.41) is 4.50.